The number of hydrogen-bond donors (Lipinski definition) is 0. The first-order chi connectivity index (χ1) is 16.3. The van der Waals surface area contributed by atoms with Gasteiger partial charge in [-0.25, -0.2) is 0 Å². The number of nitrogens with zero attached hydrogens (tertiary/aromatic N) is 2. The minimum atomic E-state index is -1.36. The summed E-state index contributed by atoms with van der Waals surface area (Å²) in [6.07, 6.45) is -1.36. The van der Waals surface area contributed by atoms with E-state index in [1.54, 1.807) is 30.3 Å². The molecule has 10 heteroatoms. The molecule has 0 spiro atoms. The third-order valence-electron chi connectivity index (χ3n) is 5.18. The molecular formula is C24H15ClN2O7. The van der Waals surface area contributed by atoms with E-state index >= 15 is 0 Å². The Morgan fingerprint density at radius 1 is 0.941 bits per heavy atom. The molecule has 0 N–H and O–H groups in total. The third-order valence-corrected chi connectivity index (χ3v) is 5.43. The molecule has 3 aromatic rings. The molecule has 1 aliphatic heterocycles. The number of amides is 2. The molecule has 4 rings (SSSR count). The number of Topliss-reactive ketones (excluding diaryl/α,β-unsaturated/α-hetero) is 1. The van der Waals surface area contributed by atoms with Crippen molar-refractivity contribution in [3.63, 3.8) is 0 Å². The highest BCUT2D eigenvalue weighted by Crippen LogP contribution is 2.31. The number of benzene rings is 3. The third kappa shape index (κ3) is 4.28. The summed E-state index contributed by atoms with van der Waals surface area (Å²) in [6.45, 7) is -0.824. The average molecular weight is 479 g/mol. The number of imide groups is 1. The van der Waals surface area contributed by atoms with Gasteiger partial charge in [-0.15, -0.1) is 0 Å². The quantitative estimate of drug-likeness (QED) is 0.165. The molecule has 1 heterocycles. The van der Waals surface area contributed by atoms with Crippen LogP contribution in [0.2, 0.25) is 5.02 Å². The van der Waals surface area contributed by atoms with Crippen molar-refractivity contribution < 1.29 is 28.8 Å². The zero-order valence-electron chi connectivity index (χ0n) is 17.3. The summed E-state index contributed by atoms with van der Waals surface area (Å²) in [5.74, 6) is -3.41. The van der Waals surface area contributed by atoms with Crippen molar-refractivity contribution in [1.29, 1.82) is 0 Å². The zero-order valence-corrected chi connectivity index (χ0v) is 18.1. The maximum atomic E-state index is 13.1. The predicted octanol–water partition coefficient (Wildman–Crippen LogP) is 4.01. The summed E-state index contributed by atoms with van der Waals surface area (Å²) in [6, 6.07) is 17.9. The highest BCUT2D eigenvalue weighted by atomic mass is 35.5. The molecular weight excluding hydrogens is 464 g/mol. The topological polar surface area (TPSA) is 124 Å². The van der Waals surface area contributed by atoms with Crippen LogP contribution in [0.15, 0.2) is 72.8 Å². The van der Waals surface area contributed by atoms with Crippen LogP contribution in [0.4, 0.5) is 5.69 Å². The summed E-state index contributed by atoms with van der Waals surface area (Å²) in [5.41, 5.74) is -0.484. The second-order valence-electron chi connectivity index (χ2n) is 7.30. The molecule has 0 saturated carbocycles. The number of ketones is 1. The molecule has 3 aromatic carbocycles. The lowest BCUT2D eigenvalue weighted by Gasteiger charge is -2.19. The van der Waals surface area contributed by atoms with E-state index < -0.39 is 46.8 Å². The smallest absolute Gasteiger partial charge is 0.327 e. The van der Waals surface area contributed by atoms with Gasteiger partial charge in [-0.05, 0) is 18.2 Å². The van der Waals surface area contributed by atoms with Crippen LogP contribution < -0.4 is 0 Å². The van der Waals surface area contributed by atoms with Crippen LogP contribution in [0.1, 0.15) is 42.7 Å². The van der Waals surface area contributed by atoms with E-state index in [0.717, 1.165) is 6.07 Å². The predicted molar refractivity (Wildman–Crippen MR) is 120 cm³/mol. The number of fused-ring (bicyclic) bond motifs is 1. The van der Waals surface area contributed by atoms with E-state index in [9.17, 15) is 29.3 Å². The zero-order chi connectivity index (χ0) is 24.4. The van der Waals surface area contributed by atoms with Gasteiger partial charge in [-0.2, -0.15) is 0 Å². The van der Waals surface area contributed by atoms with E-state index in [4.69, 9.17) is 16.3 Å². The molecule has 0 aliphatic carbocycles. The second kappa shape index (κ2) is 9.24. The molecule has 0 saturated heterocycles. The summed E-state index contributed by atoms with van der Waals surface area (Å²) < 4.78 is 5.42. The van der Waals surface area contributed by atoms with Gasteiger partial charge in [0.05, 0.1) is 10.5 Å². The van der Waals surface area contributed by atoms with Gasteiger partial charge in [-0.3, -0.25) is 34.2 Å². The van der Waals surface area contributed by atoms with Gasteiger partial charge in [0.15, 0.2) is 6.10 Å². The Balaban J connectivity index is 1.59. The lowest BCUT2D eigenvalue weighted by atomic mass is 10.00. The van der Waals surface area contributed by atoms with Gasteiger partial charge >= 0.3 is 5.97 Å². The summed E-state index contributed by atoms with van der Waals surface area (Å²) in [4.78, 5) is 62.3. The Morgan fingerprint density at radius 2 is 1.62 bits per heavy atom. The minimum absolute atomic E-state index is 0.179. The molecule has 0 aromatic heterocycles. The molecule has 0 fully saturated rings. The maximum absolute atomic E-state index is 13.1. The second-order valence-corrected chi connectivity index (χ2v) is 7.74. The van der Waals surface area contributed by atoms with Gasteiger partial charge in [0, 0.05) is 22.2 Å². The number of esters is 1. The van der Waals surface area contributed by atoms with E-state index in [0.29, 0.717) is 15.5 Å². The van der Waals surface area contributed by atoms with Crippen molar-refractivity contribution in [2.45, 2.75) is 6.10 Å². The van der Waals surface area contributed by atoms with Gasteiger partial charge in [-0.1, -0.05) is 60.1 Å². The van der Waals surface area contributed by atoms with E-state index in [-0.39, 0.29) is 16.7 Å². The molecule has 9 nitrogen and oxygen atoms in total. The Bertz CT molecular complexity index is 1320. The number of ether oxygens (including phenoxy) is 1. The van der Waals surface area contributed by atoms with Gasteiger partial charge in [0.1, 0.15) is 12.1 Å². The first-order valence-corrected chi connectivity index (χ1v) is 10.3. The van der Waals surface area contributed by atoms with Crippen molar-refractivity contribution in [2.24, 2.45) is 0 Å². The Labute approximate surface area is 197 Å². The van der Waals surface area contributed by atoms with Crippen molar-refractivity contribution >= 4 is 40.9 Å². The fraction of sp³-hybridized carbons (Fsp3) is 0.0833. The minimum Gasteiger partial charge on any atom is -0.448 e. The van der Waals surface area contributed by atoms with Crippen LogP contribution in [0.3, 0.4) is 0 Å². The van der Waals surface area contributed by atoms with Crippen LogP contribution in [0, 0.1) is 10.1 Å². The molecule has 34 heavy (non-hydrogen) atoms. The SMILES string of the molecule is O=C(CN1C(=O)c2cccc([N+](=O)[O-])c2C1=O)O[C@H](C(=O)c1ccccc1)c1ccc(Cl)cc1. The number of nitro groups is 1. The number of halogens is 1. The maximum Gasteiger partial charge on any atom is 0.327 e. The van der Waals surface area contributed by atoms with Gasteiger partial charge in [0.2, 0.25) is 5.78 Å². The van der Waals surface area contributed by atoms with Crippen LogP contribution in [-0.2, 0) is 9.53 Å². The number of carbonyl (C=O) groups is 4. The first-order valence-electron chi connectivity index (χ1n) is 9.95. The van der Waals surface area contributed by atoms with Gasteiger partial charge in [0.25, 0.3) is 17.5 Å². The van der Waals surface area contributed by atoms with E-state index in [2.05, 4.69) is 0 Å². The van der Waals surface area contributed by atoms with E-state index in [1.165, 1.54) is 36.4 Å². The first kappa shape index (κ1) is 22.8. The molecule has 0 bridgehead atoms. The normalized spacial score (nSPS) is 13.4. The largest absolute Gasteiger partial charge is 0.448 e. The Morgan fingerprint density at radius 3 is 2.26 bits per heavy atom. The van der Waals surface area contributed by atoms with Crippen LogP contribution in [0.5, 0.6) is 0 Å². The number of nitro benzene ring substituents is 1. The molecule has 0 unspecified atom stereocenters. The fourth-order valence-electron chi connectivity index (χ4n) is 3.57. The van der Waals surface area contributed by atoms with E-state index in [1.807, 2.05) is 0 Å². The summed E-state index contributed by atoms with van der Waals surface area (Å²) >= 11 is 5.92. The van der Waals surface area contributed by atoms with Crippen LogP contribution in [-0.4, -0.2) is 39.9 Å². The molecule has 1 aliphatic rings. The monoisotopic (exact) mass is 478 g/mol. The van der Waals surface area contributed by atoms with Crippen molar-refractivity contribution in [1.82, 2.24) is 4.90 Å². The Kier molecular flexibility index (Phi) is 6.20. The van der Waals surface area contributed by atoms with Crippen LogP contribution >= 0.6 is 11.6 Å². The lowest BCUT2D eigenvalue weighted by molar-refractivity contribution is -0.385. The standard InChI is InChI=1S/C24H15ClN2O7/c25-16-11-9-15(10-12-16)22(21(29)14-5-2-1-3-6-14)34-19(28)13-26-23(30)17-7-4-8-18(27(32)33)20(17)24(26)31/h1-12,22H,13H2/t22-/m0/s1. The van der Waals surface area contributed by atoms with Crippen molar-refractivity contribution in [3.05, 3.63) is 110 Å². The highest BCUT2D eigenvalue weighted by molar-refractivity contribution is 6.30. The average Bonchev–Trinajstić information content (AvgIpc) is 3.08. The number of hydrogen-bond acceptors (Lipinski definition) is 7. The summed E-state index contributed by atoms with van der Waals surface area (Å²) in [5, 5.41) is 11.7. The summed E-state index contributed by atoms with van der Waals surface area (Å²) in [7, 11) is 0. The molecule has 2 amide bonds. The Hall–Kier alpha value is -4.37. The van der Waals surface area contributed by atoms with Crippen molar-refractivity contribution in [2.75, 3.05) is 6.54 Å². The molecule has 0 radical (unpaired) electrons. The molecule has 1 atom stereocenters. The van der Waals surface area contributed by atoms with Crippen LogP contribution in [0.25, 0.3) is 0 Å². The lowest BCUT2D eigenvalue weighted by Crippen LogP contribution is -2.36. The number of carbonyl (C=O) groups excluding carboxylic acids is 4. The molecule has 170 valence electrons. The van der Waals surface area contributed by atoms with Crippen molar-refractivity contribution in [3.8, 4) is 0 Å². The highest BCUT2D eigenvalue weighted by Gasteiger charge is 2.42. The fourth-order valence-corrected chi connectivity index (χ4v) is 3.70. The number of rotatable bonds is 7. The van der Waals surface area contributed by atoms with Gasteiger partial charge < -0.3 is 4.74 Å².